The molecule has 2 aromatic carbocycles. The summed E-state index contributed by atoms with van der Waals surface area (Å²) in [5, 5.41) is 16.6. The van der Waals surface area contributed by atoms with Crippen molar-refractivity contribution in [3.63, 3.8) is 0 Å². The molecule has 9 nitrogen and oxygen atoms in total. The number of sulfonamides is 1. The lowest BCUT2D eigenvalue weighted by Crippen LogP contribution is -2.16. The number of nitro benzene ring substituents is 1. The highest BCUT2D eigenvalue weighted by atomic mass is 32.2. The van der Waals surface area contributed by atoms with Crippen LogP contribution in [0.25, 0.3) is 0 Å². The predicted octanol–water partition coefficient (Wildman–Crippen LogP) is 2.44. The summed E-state index contributed by atoms with van der Waals surface area (Å²) in [6.07, 6.45) is 0. The van der Waals surface area contributed by atoms with E-state index in [9.17, 15) is 23.3 Å². The highest BCUT2D eigenvalue weighted by Gasteiger charge is 2.29. The van der Waals surface area contributed by atoms with Crippen LogP contribution in [0, 0.1) is 24.0 Å². The minimum atomic E-state index is -4.43. The van der Waals surface area contributed by atoms with Gasteiger partial charge < -0.3 is 9.47 Å². The van der Waals surface area contributed by atoms with E-state index >= 15 is 0 Å². The normalized spacial score (nSPS) is 11.1. The maximum Gasteiger partial charge on any atom is 0.338 e. The molecule has 0 aliphatic rings. The van der Waals surface area contributed by atoms with Crippen LogP contribution >= 0.6 is 0 Å². The van der Waals surface area contributed by atoms with Crippen LogP contribution in [0.15, 0.2) is 35.2 Å². The molecule has 0 bridgehead atoms. The Kier molecular flexibility index (Phi) is 5.28. The van der Waals surface area contributed by atoms with Crippen LogP contribution in [0.5, 0.6) is 11.5 Å². The number of nitro groups is 1. The summed E-state index contributed by atoms with van der Waals surface area (Å²) < 4.78 is 33.9. The monoisotopic (exact) mass is 380 g/mol. The van der Waals surface area contributed by atoms with Crippen LogP contribution in [-0.2, 0) is 14.8 Å². The highest BCUT2D eigenvalue weighted by Crippen LogP contribution is 2.38. The zero-order valence-corrected chi connectivity index (χ0v) is 15.0. The van der Waals surface area contributed by atoms with Crippen molar-refractivity contribution < 1.29 is 27.6 Å². The number of esters is 1. The summed E-state index contributed by atoms with van der Waals surface area (Å²) in [6.45, 7) is 3.57. The second kappa shape index (κ2) is 7.10. The third-order valence-electron chi connectivity index (χ3n) is 3.37. The van der Waals surface area contributed by atoms with Crippen molar-refractivity contribution in [3.05, 3.63) is 57.1 Å². The lowest BCUT2D eigenvalue weighted by Gasteiger charge is -2.13. The minimum Gasteiger partial charge on any atom is -0.465 e. The number of benzene rings is 2. The summed E-state index contributed by atoms with van der Waals surface area (Å²) in [5.74, 6) is -1.33. The number of methoxy groups -OCH3 is 1. The first kappa shape index (κ1) is 19.3. The van der Waals surface area contributed by atoms with Gasteiger partial charge in [-0.1, -0.05) is 6.07 Å². The van der Waals surface area contributed by atoms with E-state index in [0.29, 0.717) is 0 Å². The van der Waals surface area contributed by atoms with E-state index < -0.39 is 37.2 Å². The fourth-order valence-corrected chi connectivity index (χ4v) is 3.08. The highest BCUT2D eigenvalue weighted by molar-refractivity contribution is 7.89. The number of nitrogens with zero attached hydrogens (tertiary/aromatic N) is 1. The zero-order chi connectivity index (χ0) is 19.6. The van der Waals surface area contributed by atoms with Crippen LogP contribution in [-0.4, -0.2) is 26.4 Å². The molecule has 0 atom stereocenters. The van der Waals surface area contributed by atoms with E-state index in [1.165, 1.54) is 0 Å². The van der Waals surface area contributed by atoms with Crippen LogP contribution in [0.4, 0.5) is 5.69 Å². The molecule has 0 fully saturated rings. The summed E-state index contributed by atoms with van der Waals surface area (Å²) >= 11 is 0. The molecule has 138 valence electrons. The minimum absolute atomic E-state index is 0.196. The molecule has 0 aromatic heterocycles. The maximum absolute atomic E-state index is 11.9. The molecule has 10 heteroatoms. The third kappa shape index (κ3) is 4.16. The summed E-state index contributed by atoms with van der Waals surface area (Å²) in [6, 6.07) is 6.77. The molecule has 0 amide bonds. The van der Waals surface area contributed by atoms with Crippen molar-refractivity contribution in [2.75, 3.05) is 7.11 Å². The fourth-order valence-electron chi connectivity index (χ4n) is 2.38. The Morgan fingerprint density at radius 1 is 1.12 bits per heavy atom. The molecule has 0 unspecified atom stereocenters. The SMILES string of the molecule is COC(=O)c1cc([N+](=O)[O-])c(Oc2cc(C)cc(C)c2)c(S(N)(=O)=O)c1. The molecule has 26 heavy (non-hydrogen) atoms. The molecule has 0 radical (unpaired) electrons. The Hall–Kier alpha value is -2.98. The molecule has 2 rings (SSSR count). The van der Waals surface area contributed by atoms with E-state index in [1.54, 1.807) is 26.0 Å². The van der Waals surface area contributed by atoms with Crippen LogP contribution in [0.2, 0.25) is 0 Å². The number of hydrogen-bond donors (Lipinski definition) is 1. The van der Waals surface area contributed by atoms with E-state index in [4.69, 9.17) is 9.88 Å². The molecule has 2 N–H and O–H groups in total. The van der Waals surface area contributed by atoms with Gasteiger partial charge in [0.05, 0.1) is 17.6 Å². The maximum atomic E-state index is 11.9. The van der Waals surface area contributed by atoms with Gasteiger partial charge in [0.2, 0.25) is 15.8 Å². The first-order valence-electron chi connectivity index (χ1n) is 7.22. The van der Waals surface area contributed by atoms with Crippen LogP contribution in [0.3, 0.4) is 0 Å². The largest absolute Gasteiger partial charge is 0.465 e. The van der Waals surface area contributed by atoms with E-state index in [-0.39, 0.29) is 11.3 Å². The Morgan fingerprint density at radius 2 is 1.69 bits per heavy atom. The molecule has 0 spiro atoms. The van der Waals surface area contributed by atoms with Crippen molar-refractivity contribution >= 4 is 21.7 Å². The van der Waals surface area contributed by atoms with Crippen molar-refractivity contribution in [1.29, 1.82) is 0 Å². The van der Waals surface area contributed by atoms with Gasteiger partial charge in [-0.15, -0.1) is 0 Å². The van der Waals surface area contributed by atoms with E-state index in [1.807, 2.05) is 6.07 Å². The van der Waals surface area contributed by atoms with Gasteiger partial charge in [0.25, 0.3) is 0 Å². The number of nitrogens with two attached hydrogens (primary N) is 1. The van der Waals surface area contributed by atoms with Crippen LogP contribution < -0.4 is 9.88 Å². The van der Waals surface area contributed by atoms with Gasteiger partial charge in [-0.2, -0.15) is 0 Å². The summed E-state index contributed by atoms with van der Waals surface area (Å²) in [7, 11) is -3.37. The number of aryl methyl sites for hydroxylation is 2. The lowest BCUT2D eigenvalue weighted by molar-refractivity contribution is -0.385. The second-order valence-corrected chi connectivity index (χ2v) is 7.07. The van der Waals surface area contributed by atoms with Crippen LogP contribution in [0.1, 0.15) is 21.5 Å². The standard InChI is InChI=1S/C16H16N2O7S/c1-9-4-10(2)6-12(5-9)25-15-13(18(20)21)7-11(16(19)24-3)8-14(15)26(17,22)23/h4-8H,1-3H3,(H2,17,22,23). The van der Waals surface area contributed by atoms with Crippen molar-refractivity contribution in [3.8, 4) is 11.5 Å². The zero-order valence-electron chi connectivity index (χ0n) is 14.2. The second-order valence-electron chi connectivity index (χ2n) is 5.54. The smallest absolute Gasteiger partial charge is 0.338 e. The molecular formula is C16H16N2O7S. The lowest BCUT2D eigenvalue weighted by atomic mass is 10.1. The quantitative estimate of drug-likeness (QED) is 0.477. The Labute approximate surface area is 149 Å². The van der Waals surface area contributed by atoms with Crippen molar-refractivity contribution in [1.82, 2.24) is 0 Å². The number of carbonyl (C=O) groups is 1. The Balaban J connectivity index is 2.76. The molecule has 0 aliphatic heterocycles. The van der Waals surface area contributed by atoms with Gasteiger partial charge in [-0.3, -0.25) is 10.1 Å². The topological polar surface area (TPSA) is 139 Å². The molecule has 0 saturated heterocycles. The Bertz CT molecular complexity index is 980. The molecule has 0 saturated carbocycles. The van der Waals surface area contributed by atoms with Gasteiger partial charge in [0.1, 0.15) is 10.6 Å². The Morgan fingerprint density at radius 3 is 2.15 bits per heavy atom. The first-order chi connectivity index (χ1) is 12.0. The van der Waals surface area contributed by atoms with E-state index in [2.05, 4.69) is 4.74 Å². The fraction of sp³-hybridized carbons (Fsp3) is 0.188. The summed E-state index contributed by atoms with van der Waals surface area (Å²) in [4.78, 5) is 21.6. The van der Waals surface area contributed by atoms with Gasteiger partial charge in [0, 0.05) is 6.07 Å². The average molecular weight is 380 g/mol. The first-order valence-corrected chi connectivity index (χ1v) is 8.77. The average Bonchev–Trinajstić information content (AvgIpc) is 2.51. The third-order valence-corrected chi connectivity index (χ3v) is 4.29. The summed E-state index contributed by atoms with van der Waals surface area (Å²) in [5.41, 5.74) is 0.559. The predicted molar refractivity (Wildman–Crippen MR) is 91.8 cm³/mol. The number of ether oxygens (including phenoxy) is 2. The number of primary sulfonamides is 1. The molecule has 0 aliphatic carbocycles. The number of rotatable bonds is 5. The van der Waals surface area contributed by atoms with Crippen molar-refractivity contribution in [2.24, 2.45) is 5.14 Å². The van der Waals surface area contributed by atoms with Gasteiger partial charge in [-0.25, -0.2) is 18.4 Å². The molecule has 0 heterocycles. The van der Waals surface area contributed by atoms with Gasteiger partial charge in [0.15, 0.2) is 0 Å². The number of hydrogen-bond acceptors (Lipinski definition) is 7. The molecule has 2 aromatic rings. The number of carbonyl (C=O) groups excluding carboxylic acids is 1. The van der Waals surface area contributed by atoms with Gasteiger partial charge >= 0.3 is 11.7 Å². The van der Waals surface area contributed by atoms with E-state index in [0.717, 1.165) is 30.4 Å². The van der Waals surface area contributed by atoms with Crippen molar-refractivity contribution in [2.45, 2.75) is 18.7 Å². The molecular weight excluding hydrogens is 364 g/mol. The van der Waals surface area contributed by atoms with Gasteiger partial charge in [-0.05, 0) is 43.2 Å².